The van der Waals surface area contributed by atoms with Gasteiger partial charge in [0.05, 0.1) is 11.2 Å². The first-order chi connectivity index (χ1) is 32.7. The van der Waals surface area contributed by atoms with Gasteiger partial charge in [0, 0.05) is 44.0 Å². The van der Waals surface area contributed by atoms with Gasteiger partial charge in [-0.25, -0.2) is 19.9 Å². The topological polar surface area (TPSA) is 51.6 Å². The first-order valence-electron chi connectivity index (χ1n) is 22.4. The Morgan fingerprint density at radius 1 is 0.227 bits per heavy atom. The normalized spacial score (nSPS) is 11.6. The summed E-state index contributed by atoms with van der Waals surface area (Å²) in [5.74, 6) is 1.89. The third-order valence-corrected chi connectivity index (χ3v) is 13.0. The molecule has 0 saturated heterocycles. The summed E-state index contributed by atoms with van der Waals surface area (Å²) in [5.41, 5.74) is 10.2. The smallest absolute Gasteiger partial charge is 0.164 e. The number of hydrogen-bond donors (Lipinski definition) is 0. The van der Waals surface area contributed by atoms with Crippen molar-refractivity contribution in [2.24, 2.45) is 0 Å². The second-order valence-electron chi connectivity index (χ2n) is 17.0. The second kappa shape index (κ2) is 15.4. The van der Waals surface area contributed by atoms with Crippen molar-refractivity contribution in [3.8, 4) is 67.7 Å². The minimum absolute atomic E-state index is 0.621. The van der Waals surface area contributed by atoms with E-state index in [-0.39, 0.29) is 0 Å². The molecule has 0 fully saturated rings. The Kier molecular flexibility index (Phi) is 8.81. The van der Waals surface area contributed by atoms with Gasteiger partial charge in [0.2, 0.25) is 0 Å². The zero-order chi connectivity index (χ0) is 43.6. The van der Waals surface area contributed by atoms with Gasteiger partial charge in [-0.3, -0.25) is 0 Å². The highest BCUT2D eigenvalue weighted by Gasteiger charge is 2.18. The fraction of sp³-hybridized carbons (Fsp3) is 0. The van der Waals surface area contributed by atoms with Crippen LogP contribution in [-0.2, 0) is 0 Å². The van der Waals surface area contributed by atoms with Crippen LogP contribution < -0.4 is 0 Å². The summed E-state index contributed by atoms with van der Waals surface area (Å²) >= 11 is 0. The number of para-hydroxylation sites is 1. The Bertz CT molecular complexity index is 3960. The van der Waals surface area contributed by atoms with E-state index < -0.39 is 0 Å². The van der Waals surface area contributed by atoms with E-state index in [0.29, 0.717) is 17.5 Å². The van der Waals surface area contributed by atoms with Gasteiger partial charge in [0.15, 0.2) is 17.5 Å². The molecule has 0 saturated carbocycles. The molecule has 0 aliphatic carbocycles. The molecule has 0 amide bonds. The molecule has 0 atom stereocenters. The fourth-order valence-corrected chi connectivity index (χ4v) is 9.69. The molecule has 0 N–H and O–H groups in total. The number of benzene rings is 11. The number of pyridine rings is 1. The minimum Gasteiger partial charge on any atom is -0.246 e. The van der Waals surface area contributed by atoms with Crippen molar-refractivity contribution in [2.75, 3.05) is 0 Å². The molecule has 0 radical (unpaired) electrons. The zero-order valence-electron chi connectivity index (χ0n) is 35.7. The second-order valence-corrected chi connectivity index (χ2v) is 17.0. The maximum absolute atomic E-state index is 5.57. The molecular formula is C62H38N4. The van der Waals surface area contributed by atoms with Crippen LogP contribution in [0.3, 0.4) is 0 Å². The monoisotopic (exact) mass is 838 g/mol. The van der Waals surface area contributed by atoms with Crippen molar-refractivity contribution in [2.45, 2.75) is 0 Å². The van der Waals surface area contributed by atoms with Crippen LogP contribution in [0.15, 0.2) is 231 Å². The van der Waals surface area contributed by atoms with E-state index in [2.05, 4.69) is 231 Å². The lowest BCUT2D eigenvalue weighted by molar-refractivity contribution is 1.08. The fourth-order valence-electron chi connectivity index (χ4n) is 9.69. The Hall–Kier alpha value is -8.86. The van der Waals surface area contributed by atoms with Crippen LogP contribution in [0.1, 0.15) is 0 Å². The molecule has 66 heavy (non-hydrogen) atoms. The maximum Gasteiger partial charge on any atom is 0.164 e. The van der Waals surface area contributed by atoms with Crippen LogP contribution in [-0.4, -0.2) is 19.9 Å². The maximum atomic E-state index is 5.57. The van der Waals surface area contributed by atoms with Crippen molar-refractivity contribution in [3.63, 3.8) is 0 Å². The van der Waals surface area contributed by atoms with Crippen LogP contribution in [0, 0.1) is 0 Å². The number of aromatic nitrogens is 4. The molecule has 11 aromatic carbocycles. The van der Waals surface area contributed by atoms with Gasteiger partial charge < -0.3 is 0 Å². The van der Waals surface area contributed by atoms with Gasteiger partial charge in [-0.2, -0.15) is 0 Å². The lowest BCUT2D eigenvalue weighted by atomic mass is 9.92. The van der Waals surface area contributed by atoms with Crippen LogP contribution in [0.25, 0.3) is 132 Å². The van der Waals surface area contributed by atoms with E-state index in [0.717, 1.165) is 77.3 Å². The summed E-state index contributed by atoms with van der Waals surface area (Å²) in [6.45, 7) is 0. The lowest BCUT2D eigenvalue weighted by Gasteiger charge is -2.16. The third-order valence-electron chi connectivity index (χ3n) is 13.0. The van der Waals surface area contributed by atoms with Crippen LogP contribution in [0.4, 0.5) is 0 Å². The van der Waals surface area contributed by atoms with Crippen molar-refractivity contribution in [1.29, 1.82) is 0 Å². The van der Waals surface area contributed by atoms with Gasteiger partial charge in [0.25, 0.3) is 0 Å². The summed E-state index contributed by atoms with van der Waals surface area (Å²) in [5, 5.41) is 13.0. The molecule has 0 aliphatic heterocycles. The zero-order valence-corrected chi connectivity index (χ0v) is 35.7. The average Bonchev–Trinajstić information content (AvgIpc) is 3.39. The van der Waals surface area contributed by atoms with Gasteiger partial charge in [0.1, 0.15) is 0 Å². The van der Waals surface area contributed by atoms with Gasteiger partial charge in [-0.1, -0.05) is 206 Å². The summed E-state index contributed by atoms with van der Waals surface area (Å²) in [4.78, 5) is 21.0. The Morgan fingerprint density at radius 3 is 1.29 bits per heavy atom. The van der Waals surface area contributed by atoms with E-state index in [4.69, 9.17) is 19.9 Å². The van der Waals surface area contributed by atoms with Crippen molar-refractivity contribution in [3.05, 3.63) is 231 Å². The summed E-state index contributed by atoms with van der Waals surface area (Å²) in [7, 11) is 0. The SMILES string of the molecule is c1cc(-c2ccc(-c3nc4c(-c5ccc6ccccc6c5)cccc4c4c3ccc3ccccc34)cc2)cc(-c2nc(-c3ccc4ccccc4c3)nc(-c3ccc4ccccc4c3)n2)c1. The molecular weight excluding hydrogens is 801 g/mol. The highest BCUT2D eigenvalue weighted by atomic mass is 15.0. The number of nitrogens with zero attached hydrogens (tertiary/aromatic N) is 4. The Labute approximate surface area is 381 Å². The largest absolute Gasteiger partial charge is 0.246 e. The standard InChI is InChI=1S/C62H38N4/c1-4-15-45-35-49(30-25-39(45)11-1)54-21-10-22-55-57-53-20-8-7-14-43(53)33-34-56(57)58(63-59(54)55)44-28-23-42(24-29-44)48-18-9-19-50(36-48)60-64-61(51-31-26-40-12-2-5-16-46(40)37-51)66-62(65-60)52-32-27-41-13-3-6-17-47(41)38-52/h1-38H. The lowest BCUT2D eigenvalue weighted by Crippen LogP contribution is -2.00. The van der Waals surface area contributed by atoms with E-state index in [1.807, 2.05) is 0 Å². The quantitative estimate of drug-likeness (QED) is 0.157. The third kappa shape index (κ3) is 6.55. The van der Waals surface area contributed by atoms with Gasteiger partial charge in [-0.05, 0) is 84.0 Å². The minimum atomic E-state index is 0.621. The summed E-state index contributed by atoms with van der Waals surface area (Å²) in [6, 6.07) is 81.9. The van der Waals surface area contributed by atoms with E-state index in [9.17, 15) is 0 Å². The van der Waals surface area contributed by atoms with Crippen LogP contribution in [0.5, 0.6) is 0 Å². The highest BCUT2D eigenvalue weighted by Crippen LogP contribution is 2.41. The molecule has 2 heterocycles. The molecule has 4 heteroatoms. The molecule has 0 aliphatic rings. The molecule has 13 rings (SSSR count). The Balaban J connectivity index is 0.925. The van der Waals surface area contributed by atoms with Crippen molar-refractivity contribution in [1.82, 2.24) is 19.9 Å². The van der Waals surface area contributed by atoms with Crippen molar-refractivity contribution >= 4 is 64.8 Å². The first-order valence-corrected chi connectivity index (χ1v) is 22.4. The number of fused-ring (bicyclic) bond motifs is 8. The van der Waals surface area contributed by atoms with Gasteiger partial charge >= 0.3 is 0 Å². The van der Waals surface area contributed by atoms with E-state index in [1.54, 1.807) is 0 Å². The molecule has 13 aromatic rings. The molecule has 0 unspecified atom stereocenters. The molecule has 0 bridgehead atoms. The predicted octanol–water partition coefficient (Wildman–Crippen LogP) is 16.2. The highest BCUT2D eigenvalue weighted by molar-refractivity contribution is 6.24. The summed E-state index contributed by atoms with van der Waals surface area (Å²) < 4.78 is 0. The molecule has 4 nitrogen and oxygen atoms in total. The van der Waals surface area contributed by atoms with Crippen LogP contribution in [0.2, 0.25) is 0 Å². The van der Waals surface area contributed by atoms with Gasteiger partial charge in [-0.15, -0.1) is 0 Å². The molecule has 2 aromatic heterocycles. The predicted molar refractivity (Wildman–Crippen MR) is 275 cm³/mol. The Morgan fingerprint density at radius 2 is 0.667 bits per heavy atom. The average molecular weight is 839 g/mol. The van der Waals surface area contributed by atoms with Crippen LogP contribution >= 0.6 is 0 Å². The van der Waals surface area contributed by atoms with Crippen molar-refractivity contribution < 1.29 is 0 Å². The van der Waals surface area contributed by atoms with E-state index >= 15 is 0 Å². The number of rotatable bonds is 6. The molecule has 306 valence electrons. The number of hydrogen-bond acceptors (Lipinski definition) is 4. The van der Waals surface area contributed by atoms with E-state index in [1.165, 1.54) is 37.7 Å². The first kappa shape index (κ1) is 37.7. The molecule has 0 spiro atoms. The summed E-state index contributed by atoms with van der Waals surface area (Å²) in [6.07, 6.45) is 0.